The van der Waals surface area contributed by atoms with E-state index in [1.165, 1.54) is 30.0 Å². The van der Waals surface area contributed by atoms with Crippen LogP contribution in [-0.4, -0.2) is 35.9 Å². The van der Waals surface area contributed by atoms with Crippen LogP contribution < -0.4 is 4.90 Å². The maximum atomic E-state index is 10.8. The summed E-state index contributed by atoms with van der Waals surface area (Å²) < 4.78 is 0. The van der Waals surface area contributed by atoms with E-state index in [-0.39, 0.29) is 11.4 Å². The van der Waals surface area contributed by atoms with Crippen LogP contribution in [0.2, 0.25) is 0 Å². The summed E-state index contributed by atoms with van der Waals surface area (Å²) in [5.74, 6) is -0.0182. The van der Waals surface area contributed by atoms with Gasteiger partial charge in [-0.1, -0.05) is 12.1 Å². The molecule has 0 aliphatic heterocycles. The number of nitro benzene ring substituents is 1. The normalized spacial score (nSPS) is 10.9. The molecule has 0 saturated carbocycles. The van der Waals surface area contributed by atoms with Crippen LogP contribution in [0.3, 0.4) is 0 Å². The highest BCUT2D eigenvalue weighted by Crippen LogP contribution is 2.21. The van der Waals surface area contributed by atoms with Crippen LogP contribution >= 0.6 is 0 Å². The van der Waals surface area contributed by atoms with Gasteiger partial charge in [-0.05, 0) is 37.6 Å². The number of aryl methyl sites for hydroxylation is 1. The molecule has 0 bridgehead atoms. The topological polar surface area (TPSA) is 79.0 Å². The smallest absolute Gasteiger partial charge is 0.270 e. The van der Waals surface area contributed by atoms with Gasteiger partial charge in [-0.2, -0.15) is 0 Å². The summed E-state index contributed by atoms with van der Waals surface area (Å²) in [4.78, 5) is 16.8. The Bertz CT molecular complexity index is 744. The zero-order valence-corrected chi connectivity index (χ0v) is 13.8. The molecular formula is C18H21N3O3. The first kappa shape index (κ1) is 17.5. The first-order valence-electron chi connectivity index (χ1n) is 7.80. The van der Waals surface area contributed by atoms with Gasteiger partial charge in [0.15, 0.2) is 0 Å². The lowest BCUT2D eigenvalue weighted by Crippen LogP contribution is -2.25. The lowest BCUT2D eigenvalue weighted by molar-refractivity contribution is -0.384. The summed E-state index contributed by atoms with van der Waals surface area (Å²) in [5.41, 5.74) is 2.63. The van der Waals surface area contributed by atoms with Crippen molar-refractivity contribution in [3.8, 4) is 5.75 Å². The van der Waals surface area contributed by atoms with Gasteiger partial charge < -0.3 is 10.0 Å². The van der Waals surface area contributed by atoms with Crippen molar-refractivity contribution >= 4 is 17.6 Å². The van der Waals surface area contributed by atoms with Crippen LogP contribution in [0.4, 0.5) is 11.4 Å². The van der Waals surface area contributed by atoms with Crippen LogP contribution in [0, 0.1) is 17.0 Å². The van der Waals surface area contributed by atoms with Gasteiger partial charge in [-0.25, -0.2) is 0 Å². The van der Waals surface area contributed by atoms with E-state index in [1.807, 2.05) is 6.07 Å². The number of rotatable bonds is 7. The lowest BCUT2D eigenvalue weighted by atomic mass is 10.2. The molecule has 6 heteroatoms. The Morgan fingerprint density at radius 3 is 2.75 bits per heavy atom. The van der Waals surface area contributed by atoms with E-state index in [0.29, 0.717) is 12.1 Å². The zero-order chi connectivity index (χ0) is 17.5. The third kappa shape index (κ3) is 4.55. The largest absolute Gasteiger partial charge is 0.507 e. The van der Waals surface area contributed by atoms with Gasteiger partial charge in [0.2, 0.25) is 0 Å². The first-order chi connectivity index (χ1) is 11.5. The number of nitrogens with zero attached hydrogens (tertiary/aromatic N) is 3. The Balaban J connectivity index is 2.01. The number of aromatic hydroxyl groups is 1. The van der Waals surface area contributed by atoms with Crippen LogP contribution in [0.5, 0.6) is 5.75 Å². The Morgan fingerprint density at radius 1 is 1.29 bits per heavy atom. The fourth-order valence-electron chi connectivity index (χ4n) is 2.39. The number of phenolic OH excluding ortho intramolecular Hbond substituents is 1. The predicted octanol–water partition coefficient (Wildman–Crippen LogP) is 3.55. The monoisotopic (exact) mass is 327 g/mol. The lowest BCUT2D eigenvalue weighted by Gasteiger charge is -2.22. The second kappa shape index (κ2) is 8.10. The van der Waals surface area contributed by atoms with Crippen LogP contribution in [0.15, 0.2) is 47.5 Å². The van der Waals surface area contributed by atoms with E-state index < -0.39 is 4.92 Å². The van der Waals surface area contributed by atoms with Crippen molar-refractivity contribution in [3.63, 3.8) is 0 Å². The third-order valence-corrected chi connectivity index (χ3v) is 3.70. The molecule has 2 rings (SSSR count). The number of hydrogen-bond acceptors (Lipinski definition) is 5. The van der Waals surface area contributed by atoms with Crippen molar-refractivity contribution in [1.82, 2.24) is 0 Å². The summed E-state index contributed by atoms with van der Waals surface area (Å²) in [6.45, 7) is 6.26. The van der Waals surface area contributed by atoms with Crippen LogP contribution in [0.1, 0.15) is 18.1 Å². The van der Waals surface area contributed by atoms with Gasteiger partial charge in [0, 0.05) is 42.7 Å². The molecule has 6 nitrogen and oxygen atoms in total. The number of hydrogen-bond donors (Lipinski definition) is 1. The second-order valence-electron chi connectivity index (χ2n) is 5.45. The molecule has 0 aromatic heterocycles. The van der Waals surface area contributed by atoms with Gasteiger partial charge in [-0.3, -0.25) is 15.1 Å². The summed E-state index contributed by atoms with van der Waals surface area (Å²) in [5, 5.41) is 20.5. The molecule has 0 unspecified atom stereocenters. The molecule has 0 saturated heterocycles. The highest BCUT2D eigenvalue weighted by atomic mass is 16.6. The molecule has 126 valence electrons. The Morgan fingerprint density at radius 2 is 2.08 bits per heavy atom. The highest BCUT2D eigenvalue weighted by Gasteiger charge is 2.08. The van der Waals surface area contributed by atoms with Gasteiger partial charge in [0.1, 0.15) is 5.75 Å². The fourth-order valence-corrected chi connectivity index (χ4v) is 2.39. The molecule has 0 aliphatic carbocycles. The number of nitro groups is 1. The van der Waals surface area contributed by atoms with E-state index in [9.17, 15) is 15.2 Å². The van der Waals surface area contributed by atoms with E-state index in [2.05, 4.69) is 41.9 Å². The van der Waals surface area contributed by atoms with Crippen molar-refractivity contribution in [2.45, 2.75) is 13.8 Å². The molecule has 0 heterocycles. The molecule has 2 aromatic rings. The van der Waals surface area contributed by atoms with Crippen molar-refractivity contribution in [2.75, 3.05) is 24.5 Å². The average molecular weight is 327 g/mol. The molecule has 24 heavy (non-hydrogen) atoms. The van der Waals surface area contributed by atoms with Crippen molar-refractivity contribution < 1.29 is 10.0 Å². The molecule has 0 fully saturated rings. The van der Waals surface area contributed by atoms with Crippen molar-refractivity contribution in [1.29, 1.82) is 0 Å². The van der Waals surface area contributed by atoms with Crippen LogP contribution in [-0.2, 0) is 0 Å². The molecule has 0 radical (unpaired) electrons. The van der Waals surface area contributed by atoms with E-state index in [1.54, 1.807) is 0 Å². The number of likely N-dealkylation sites (N-methyl/N-ethyl adjacent to an activating group) is 1. The highest BCUT2D eigenvalue weighted by molar-refractivity contribution is 5.84. The first-order valence-corrected chi connectivity index (χ1v) is 7.80. The number of anilines is 1. The average Bonchev–Trinajstić information content (AvgIpc) is 2.56. The number of aliphatic imine (C=N–C) groups is 1. The van der Waals surface area contributed by atoms with Gasteiger partial charge >= 0.3 is 0 Å². The van der Waals surface area contributed by atoms with Gasteiger partial charge in [-0.15, -0.1) is 0 Å². The Kier molecular flexibility index (Phi) is 5.89. The summed E-state index contributed by atoms with van der Waals surface area (Å²) in [6.07, 6.45) is 1.48. The minimum absolute atomic E-state index is 0.0182. The minimum atomic E-state index is -0.493. The molecule has 0 aliphatic rings. The number of phenols is 1. The zero-order valence-electron chi connectivity index (χ0n) is 13.8. The predicted molar refractivity (Wildman–Crippen MR) is 96.3 cm³/mol. The maximum absolute atomic E-state index is 10.8. The number of non-ortho nitro benzene ring substituents is 1. The minimum Gasteiger partial charge on any atom is -0.507 e. The molecule has 0 amide bonds. The molecule has 0 atom stereocenters. The summed E-state index contributed by atoms with van der Waals surface area (Å²) in [7, 11) is 0. The van der Waals surface area contributed by atoms with E-state index in [0.717, 1.165) is 18.8 Å². The SMILES string of the molecule is CCN(CCN=Cc1cc([N+](=O)[O-])ccc1O)c1cccc(C)c1. The van der Waals surface area contributed by atoms with E-state index >= 15 is 0 Å². The summed E-state index contributed by atoms with van der Waals surface area (Å²) in [6, 6.07) is 12.2. The quantitative estimate of drug-likeness (QED) is 0.479. The van der Waals surface area contributed by atoms with Gasteiger partial charge in [0.05, 0.1) is 11.5 Å². The van der Waals surface area contributed by atoms with Crippen LogP contribution in [0.25, 0.3) is 0 Å². The second-order valence-corrected chi connectivity index (χ2v) is 5.45. The van der Waals surface area contributed by atoms with E-state index in [4.69, 9.17) is 0 Å². The maximum Gasteiger partial charge on any atom is 0.270 e. The fraction of sp³-hybridized carbons (Fsp3) is 0.278. The van der Waals surface area contributed by atoms with Crippen molar-refractivity contribution in [2.24, 2.45) is 4.99 Å². The van der Waals surface area contributed by atoms with Gasteiger partial charge in [0.25, 0.3) is 5.69 Å². The Labute approximate surface area is 141 Å². The van der Waals surface area contributed by atoms with Crippen molar-refractivity contribution in [3.05, 3.63) is 63.7 Å². The third-order valence-electron chi connectivity index (χ3n) is 3.70. The number of benzene rings is 2. The summed E-state index contributed by atoms with van der Waals surface area (Å²) >= 11 is 0. The Hall–Kier alpha value is -2.89. The molecule has 2 aromatic carbocycles. The standard InChI is InChI=1S/C18H21N3O3/c1-3-20(16-6-4-5-14(2)11-16)10-9-19-13-15-12-17(21(23)24)7-8-18(15)22/h4-8,11-13,22H,3,9-10H2,1-2H3. The molecule has 1 N–H and O–H groups in total. The molecule has 0 spiro atoms. The molecular weight excluding hydrogens is 306 g/mol.